The molecule has 1 heterocycles. The van der Waals surface area contributed by atoms with Crippen LogP contribution in [0.5, 0.6) is 0 Å². The molecule has 1 aliphatic heterocycles. The highest BCUT2D eigenvalue weighted by Gasteiger charge is 2.29. The number of amides is 1. The van der Waals surface area contributed by atoms with Gasteiger partial charge >= 0.3 is 0 Å². The number of nitrogens with zero attached hydrogens (tertiary/aromatic N) is 1. The number of alkyl halides is 2. The van der Waals surface area contributed by atoms with Crippen LogP contribution in [0.15, 0.2) is 0 Å². The van der Waals surface area contributed by atoms with Crippen LogP contribution in [0.4, 0.5) is 8.78 Å². The van der Waals surface area contributed by atoms with Crippen molar-refractivity contribution in [3.63, 3.8) is 0 Å². The van der Waals surface area contributed by atoms with E-state index in [0.29, 0.717) is 0 Å². The van der Waals surface area contributed by atoms with Crippen LogP contribution >= 0.6 is 0 Å². The second-order valence-electron chi connectivity index (χ2n) is 3.08. The molecule has 0 radical (unpaired) electrons. The highest BCUT2D eigenvalue weighted by atomic mass is 19.3. The number of halogens is 2. The molecule has 0 aromatic heterocycles. The summed E-state index contributed by atoms with van der Waals surface area (Å²) >= 11 is 0. The minimum atomic E-state index is -1.75. The monoisotopic (exact) mass is 237 g/mol. The van der Waals surface area contributed by atoms with Gasteiger partial charge in [-0.3, -0.25) is 9.59 Å². The van der Waals surface area contributed by atoms with Crippen LogP contribution in [0.25, 0.3) is 0 Å². The molecule has 1 fully saturated rings. The summed E-state index contributed by atoms with van der Waals surface area (Å²) in [6.07, 6.45) is 1.80. The third-order valence-corrected chi connectivity index (χ3v) is 2.13. The molecule has 1 rings (SSSR count). The number of carbonyl (C=O) groups is 2. The summed E-state index contributed by atoms with van der Waals surface area (Å²) in [4.78, 5) is 23.6. The molecule has 0 aromatic rings. The van der Waals surface area contributed by atoms with Gasteiger partial charge in [-0.15, -0.1) is 0 Å². The average Bonchev–Trinajstić information content (AvgIpc) is 2.70. The van der Waals surface area contributed by atoms with Crippen LogP contribution in [0.1, 0.15) is 40.5 Å². The highest BCUT2D eigenvalue weighted by Crippen LogP contribution is 2.17. The summed E-state index contributed by atoms with van der Waals surface area (Å²) in [6, 6.07) is -0.132. The second-order valence-corrected chi connectivity index (χ2v) is 3.08. The Morgan fingerprint density at radius 3 is 1.94 bits per heavy atom. The molecule has 1 unspecified atom stereocenters. The largest absolute Gasteiger partial charge is 0.333 e. The van der Waals surface area contributed by atoms with Gasteiger partial charge in [-0.25, -0.2) is 8.78 Å². The number of rotatable bonds is 1. The normalized spacial score (nSPS) is 17.9. The lowest BCUT2D eigenvalue weighted by Gasteiger charge is -2.20. The molecular weight excluding hydrogens is 216 g/mol. The lowest BCUT2D eigenvalue weighted by Crippen LogP contribution is -2.37. The van der Waals surface area contributed by atoms with Gasteiger partial charge in [-0.2, -0.15) is 0 Å². The van der Waals surface area contributed by atoms with E-state index in [9.17, 15) is 18.4 Å². The van der Waals surface area contributed by atoms with E-state index in [1.54, 1.807) is 11.8 Å². The van der Waals surface area contributed by atoms with Crippen LogP contribution in [0, 0.1) is 0 Å². The Morgan fingerprint density at radius 1 is 1.25 bits per heavy atom. The van der Waals surface area contributed by atoms with E-state index < -0.39 is 6.93 Å². The first-order valence-corrected chi connectivity index (χ1v) is 5.44. The zero-order chi connectivity index (χ0) is 13.1. The first-order valence-electron chi connectivity index (χ1n) is 5.44. The fourth-order valence-corrected chi connectivity index (χ4v) is 1.57. The van der Waals surface area contributed by atoms with Gasteiger partial charge in [0.25, 0.3) is 0 Å². The fraction of sp³-hybridized carbons (Fsp3) is 0.818. The molecule has 0 saturated carbocycles. The van der Waals surface area contributed by atoms with E-state index in [2.05, 4.69) is 0 Å². The van der Waals surface area contributed by atoms with Crippen LogP contribution in [0.2, 0.25) is 0 Å². The molecule has 16 heavy (non-hydrogen) atoms. The summed E-state index contributed by atoms with van der Waals surface area (Å²) in [7, 11) is 0. The summed E-state index contributed by atoms with van der Waals surface area (Å²) < 4.78 is 19.2. The molecule has 96 valence electrons. The third kappa shape index (κ3) is 6.48. The SMILES string of the molecule is CC.CC(=O)C1CCCN1C(C)=O.FCF. The van der Waals surface area contributed by atoms with Gasteiger partial charge in [0.05, 0.1) is 6.04 Å². The summed E-state index contributed by atoms with van der Waals surface area (Å²) in [5.41, 5.74) is 0. The molecule has 0 aliphatic carbocycles. The van der Waals surface area contributed by atoms with Crippen molar-refractivity contribution in [3.05, 3.63) is 0 Å². The van der Waals surface area contributed by atoms with Crippen molar-refractivity contribution in [3.8, 4) is 0 Å². The zero-order valence-corrected chi connectivity index (χ0v) is 10.4. The Hall–Kier alpha value is -1.00. The molecular formula is C11H21F2NO2. The molecule has 0 spiro atoms. The van der Waals surface area contributed by atoms with E-state index >= 15 is 0 Å². The smallest absolute Gasteiger partial charge is 0.229 e. The molecule has 1 atom stereocenters. The van der Waals surface area contributed by atoms with Crippen molar-refractivity contribution < 1.29 is 18.4 Å². The number of hydrogen-bond acceptors (Lipinski definition) is 2. The predicted octanol–water partition coefficient (Wildman–Crippen LogP) is 2.50. The minimum Gasteiger partial charge on any atom is -0.333 e. The van der Waals surface area contributed by atoms with Crippen molar-refractivity contribution >= 4 is 11.7 Å². The maximum absolute atomic E-state index is 11.0. The Bertz CT molecular complexity index is 190. The number of ketones is 1. The van der Waals surface area contributed by atoms with Crippen molar-refractivity contribution in [2.75, 3.05) is 13.5 Å². The molecule has 5 heteroatoms. The number of likely N-dealkylation sites (tertiary alicyclic amines) is 1. The maximum atomic E-state index is 11.0. The number of Topliss-reactive ketones (excluding diaryl/α,β-unsaturated/α-hetero) is 1. The number of hydrogen-bond donors (Lipinski definition) is 0. The van der Waals surface area contributed by atoms with Gasteiger partial charge in [0.2, 0.25) is 12.8 Å². The van der Waals surface area contributed by atoms with Crippen LogP contribution < -0.4 is 0 Å². The van der Waals surface area contributed by atoms with Gasteiger partial charge in [0.1, 0.15) is 0 Å². The lowest BCUT2D eigenvalue weighted by atomic mass is 10.1. The number of carbonyl (C=O) groups excluding carboxylic acids is 2. The van der Waals surface area contributed by atoms with Crippen molar-refractivity contribution in [2.24, 2.45) is 0 Å². The van der Waals surface area contributed by atoms with E-state index in [1.807, 2.05) is 13.8 Å². The summed E-state index contributed by atoms with van der Waals surface area (Å²) in [6.45, 7) is 6.06. The van der Waals surface area contributed by atoms with Gasteiger partial charge in [0.15, 0.2) is 5.78 Å². The molecule has 0 aromatic carbocycles. The summed E-state index contributed by atoms with van der Waals surface area (Å²) in [5.74, 6) is 0.125. The van der Waals surface area contributed by atoms with E-state index in [1.165, 1.54) is 6.92 Å². The Morgan fingerprint density at radius 2 is 1.69 bits per heavy atom. The zero-order valence-electron chi connectivity index (χ0n) is 10.4. The van der Waals surface area contributed by atoms with Crippen LogP contribution in [-0.4, -0.2) is 36.1 Å². The molecule has 0 bridgehead atoms. The molecule has 1 aliphatic rings. The van der Waals surface area contributed by atoms with Crippen LogP contribution in [0.3, 0.4) is 0 Å². The van der Waals surface area contributed by atoms with E-state index in [-0.39, 0.29) is 17.7 Å². The van der Waals surface area contributed by atoms with Crippen LogP contribution in [-0.2, 0) is 9.59 Å². The molecule has 1 saturated heterocycles. The van der Waals surface area contributed by atoms with Gasteiger partial charge in [-0.05, 0) is 19.8 Å². The average molecular weight is 237 g/mol. The molecule has 3 nitrogen and oxygen atoms in total. The second kappa shape index (κ2) is 10.5. The maximum Gasteiger partial charge on any atom is 0.229 e. The van der Waals surface area contributed by atoms with Crippen molar-refractivity contribution in [1.82, 2.24) is 4.90 Å². The van der Waals surface area contributed by atoms with E-state index in [4.69, 9.17) is 0 Å². The summed E-state index contributed by atoms with van der Waals surface area (Å²) in [5, 5.41) is 0. The minimum absolute atomic E-state index is 0.0164. The Kier molecular flexibility index (Phi) is 11.4. The van der Waals surface area contributed by atoms with Crippen molar-refractivity contribution in [1.29, 1.82) is 0 Å². The van der Waals surface area contributed by atoms with Gasteiger partial charge in [0, 0.05) is 13.5 Å². The van der Waals surface area contributed by atoms with Gasteiger partial charge in [-0.1, -0.05) is 13.8 Å². The van der Waals surface area contributed by atoms with Gasteiger partial charge < -0.3 is 4.90 Å². The molecule has 1 amide bonds. The first-order chi connectivity index (χ1) is 7.54. The first kappa shape index (κ1) is 17.4. The van der Waals surface area contributed by atoms with Crippen molar-refractivity contribution in [2.45, 2.75) is 46.6 Å². The fourth-order valence-electron chi connectivity index (χ4n) is 1.57. The highest BCUT2D eigenvalue weighted by molar-refractivity contribution is 5.87. The van der Waals surface area contributed by atoms with E-state index in [0.717, 1.165) is 19.4 Å². The quantitative estimate of drug-likeness (QED) is 0.702. The Labute approximate surface area is 95.8 Å². The topological polar surface area (TPSA) is 37.4 Å². The third-order valence-electron chi connectivity index (χ3n) is 2.13. The lowest BCUT2D eigenvalue weighted by molar-refractivity contribution is -0.135. The molecule has 0 N–H and O–H groups in total. The standard InChI is InChI=1S/C8H13NO2.C2H6.CH2F2/c1-6(10)8-4-3-5-9(8)7(2)11;1-2;2-1-3/h8H,3-5H2,1-2H3;1-2H3;1H2. The Balaban J connectivity index is 0. The predicted molar refractivity (Wildman–Crippen MR) is 59.5 cm³/mol.